The zero-order valence-electron chi connectivity index (χ0n) is 7.37. The standard InChI is InChI=1S/C9H9ClN2O2/c10-8-7(2-1-3-11-8)9(13)12-6-4-14-5-6/h1-3,6H,4-5H2,(H,12,13). The summed E-state index contributed by atoms with van der Waals surface area (Å²) in [5, 5.41) is 3.01. The van der Waals surface area contributed by atoms with E-state index in [-0.39, 0.29) is 17.1 Å². The molecule has 1 aliphatic rings. The van der Waals surface area contributed by atoms with Crippen molar-refractivity contribution in [1.82, 2.24) is 10.3 Å². The third kappa shape index (κ3) is 1.86. The Hall–Kier alpha value is -1.13. The molecule has 0 bridgehead atoms. The minimum absolute atomic E-state index is 0.110. The van der Waals surface area contributed by atoms with Crippen LogP contribution in [0, 0.1) is 0 Å². The van der Waals surface area contributed by atoms with Crippen LogP contribution in [0.25, 0.3) is 0 Å². The van der Waals surface area contributed by atoms with Crippen molar-refractivity contribution in [3.05, 3.63) is 29.0 Å². The van der Waals surface area contributed by atoms with Gasteiger partial charge in [-0.1, -0.05) is 11.6 Å². The van der Waals surface area contributed by atoms with Crippen LogP contribution in [0.4, 0.5) is 0 Å². The van der Waals surface area contributed by atoms with Crippen LogP contribution in [0.1, 0.15) is 10.4 Å². The quantitative estimate of drug-likeness (QED) is 0.740. The van der Waals surface area contributed by atoms with E-state index in [9.17, 15) is 4.79 Å². The van der Waals surface area contributed by atoms with Crippen LogP contribution in [0.5, 0.6) is 0 Å². The normalized spacial score (nSPS) is 16.1. The summed E-state index contributed by atoms with van der Waals surface area (Å²) in [6, 6.07) is 3.43. The molecule has 1 aliphatic heterocycles. The van der Waals surface area contributed by atoms with E-state index in [0.717, 1.165) is 0 Å². The van der Waals surface area contributed by atoms with Gasteiger partial charge >= 0.3 is 0 Å². The number of carbonyl (C=O) groups is 1. The maximum atomic E-state index is 11.6. The number of hydrogen-bond donors (Lipinski definition) is 1. The summed E-state index contributed by atoms with van der Waals surface area (Å²) in [6.45, 7) is 1.15. The number of hydrogen-bond acceptors (Lipinski definition) is 3. The zero-order chi connectivity index (χ0) is 9.97. The van der Waals surface area contributed by atoms with Gasteiger partial charge in [0.25, 0.3) is 5.91 Å². The fraction of sp³-hybridized carbons (Fsp3) is 0.333. The minimum atomic E-state index is -0.198. The van der Waals surface area contributed by atoms with Crippen molar-refractivity contribution >= 4 is 17.5 Å². The molecule has 74 valence electrons. The molecule has 0 spiro atoms. The summed E-state index contributed by atoms with van der Waals surface area (Å²) in [7, 11) is 0. The van der Waals surface area contributed by atoms with Crippen molar-refractivity contribution in [3.63, 3.8) is 0 Å². The second kappa shape index (κ2) is 3.94. The van der Waals surface area contributed by atoms with Crippen LogP contribution >= 0.6 is 11.6 Å². The summed E-state index contributed by atoms with van der Waals surface area (Å²) in [4.78, 5) is 15.4. The highest BCUT2D eigenvalue weighted by atomic mass is 35.5. The number of ether oxygens (including phenoxy) is 1. The van der Waals surface area contributed by atoms with Gasteiger partial charge in [0.1, 0.15) is 5.15 Å². The molecular weight excluding hydrogens is 204 g/mol. The Bertz CT molecular complexity index is 352. The molecule has 0 saturated carbocycles. The van der Waals surface area contributed by atoms with E-state index >= 15 is 0 Å². The van der Waals surface area contributed by atoms with Gasteiger partial charge in [-0.2, -0.15) is 0 Å². The van der Waals surface area contributed by atoms with E-state index in [1.807, 2.05) is 0 Å². The first-order valence-corrected chi connectivity index (χ1v) is 4.64. The van der Waals surface area contributed by atoms with Crippen LogP contribution in [-0.4, -0.2) is 30.1 Å². The predicted octanol–water partition coefficient (Wildman–Crippen LogP) is 0.864. The summed E-state index contributed by atoms with van der Waals surface area (Å²) in [5.41, 5.74) is 0.404. The molecule has 2 rings (SSSR count). The van der Waals surface area contributed by atoms with Crippen LogP contribution in [0.3, 0.4) is 0 Å². The Labute approximate surface area is 86.2 Å². The van der Waals surface area contributed by atoms with Gasteiger partial charge in [-0.15, -0.1) is 0 Å². The Morgan fingerprint density at radius 2 is 2.43 bits per heavy atom. The van der Waals surface area contributed by atoms with E-state index in [1.165, 1.54) is 0 Å². The number of rotatable bonds is 2. The number of halogens is 1. The molecule has 0 aliphatic carbocycles. The number of carbonyl (C=O) groups excluding carboxylic acids is 1. The van der Waals surface area contributed by atoms with Gasteiger partial charge in [0.05, 0.1) is 24.8 Å². The highest BCUT2D eigenvalue weighted by Crippen LogP contribution is 2.12. The van der Waals surface area contributed by atoms with Crippen LogP contribution in [0.2, 0.25) is 5.15 Å². The van der Waals surface area contributed by atoms with E-state index < -0.39 is 0 Å². The first kappa shape index (κ1) is 9.43. The van der Waals surface area contributed by atoms with E-state index in [1.54, 1.807) is 18.3 Å². The minimum Gasteiger partial charge on any atom is -0.377 e. The third-order valence-corrected chi connectivity index (χ3v) is 2.28. The highest BCUT2D eigenvalue weighted by Gasteiger charge is 2.22. The monoisotopic (exact) mass is 212 g/mol. The van der Waals surface area contributed by atoms with E-state index in [2.05, 4.69) is 10.3 Å². The topological polar surface area (TPSA) is 51.2 Å². The first-order chi connectivity index (χ1) is 6.77. The Morgan fingerprint density at radius 1 is 1.64 bits per heavy atom. The van der Waals surface area contributed by atoms with Crippen LogP contribution < -0.4 is 5.32 Å². The fourth-order valence-electron chi connectivity index (χ4n) is 1.14. The van der Waals surface area contributed by atoms with Gasteiger partial charge < -0.3 is 10.1 Å². The summed E-state index contributed by atoms with van der Waals surface area (Å²) in [6.07, 6.45) is 1.55. The average Bonchev–Trinajstić information content (AvgIpc) is 2.12. The van der Waals surface area contributed by atoms with Crippen molar-refractivity contribution in [2.24, 2.45) is 0 Å². The number of nitrogens with one attached hydrogen (secondary N) is 1. The van der Waals surface area contributed by atoms with Gasteiger partial charge in [0.2, 0.25) is 0 Å². The highest BCUT2D eigenvalue weighted by molar-refractivity contribution is 6.32. The molecule has 0 atom stereocenters. The number of pyridine rings is 1. The lowest BCUT2D eigenvalue weighted by Gasteiger charge is -2.26. The van der Waals surface area contributed by atoms with E-state index in [4.69, 9.17) is 16.3 Å². The van der Waals surface area contributed by atoms with Crippen LogP contribution in [0.15, 0.2) is 18.3 Å². The maximum absolute atomic E-state index is 11.6. The predicted molar refractivity (Wildman–Crippen MR) is 51.3 cm³/mol. The summed E-state index contributed by atoms with van der Waals surface area (Å²) in [5.74, 6) is -0.198. The van der Waals surface area contributed by atoms with Crippen molar-refractivity contribution in [1.29, 1.82) is 0 Å². The molecule has 2 heterocycles. The molecule has 1 aromatic rings. The Morgan fingerprint density at radius 3 is 3.00 bits per heavy atom. The van der Waals surface area contributed by atoms with Gasteiger partial charge in [0, 0.05) is 6.20 Å². The van der Waals surface area contributed by atoms with Gasteiger partial charge in [-0.25, -0.2) is 4.98 Å². The molecule has 0 radical (unpaired) electrons. The molecule has 4 nitrogen and oxygen atoms in total. The lowest BCUT2D eigenvalue weighted by atomic mass is 10.2. The average molecular weight is 213 g/mol. The Kier molecular flexibility index (Phi) is 2.65. The SMILES string of the molecule is O=C(NC1COC1)c1cccnc1Cl. The Balaban J connectivity index is 2.06. The van der Waals surface area contributed by atoms with Gasteiger partial charge in [0.15, 0.2) is 0 Å². The second-order valence-corrected chi connectivity index (χ2v) is 3.41. The third-order valence-electron chi connectivity index (χ3n) is 1.98. The largest absolute Gasteiger partial charge is 0.377 e. The lowest BCUT2D eigenvalue weighted by Crippen LogP contribution is -2.48. The number of aromatic nitrogens is 1. The molecule has 5 heteroatoms. The lowest BCUT2D eigenvalue weighted by molar-refractivity contribution is -0.00346. The smallest absolute Gasteiger partial charge is 0.254 e. The molecule has 1 amide bonds. The number of nitrogens with zero attached hydrogens (tertiary/aromatic N) is 1. The summed E-state index contributed by atoms with van der Waals surface area (Å²) < 4.78 is 4.94. The maximum Gasteiger partial charge on any atom is 0.254 e. The molecule has 14 heavy (non-hydrogen) atoms. The van der Waals surface area contributed by atoms with Crippen molar-refractivity contribution < 1.29 is 9.53 Å². The van der Waals surface area contributed by atoms with Crippen molar-refractivity contribution in [3.8, 4) is 0 Å². The van der Waals surface area contributed by atoms with Gasteiger partial charge in [-0.3, -0.25) is 4.79 Å². The summed E-state index contributed by atoms with van der Waals surface area (Å²) >= 11 is 5.76. The van der Waals surface area contributed by atoms with Crippen molar-refractivity contribution in [2.75, 3.05) is 13.2 Å². The number of amides is 1. The molecule has 0 unspecified atom stereocenters. The molecule has 1 aromatic heterocycles. The molecule has 1 fully saturated rings. The zero-order valence-corrected chi connectivity index (χ0v) is 8.12. The van der Waals surface area contributed by atoms with Gasteiger partial charge in [-0.05, 0) is 12.1 Å². The fourth-order valence-corrected chi connectivity index (χ4v) is 1.34. The molecular formula is C9H9ClN2O2. The molecule has 1 N–H and O–H groups in total. The van der Waals surface area contributed by atoms with Crippen molar-refractivity contribution in [2.45, 2.75) is 6.04 Å². The van der Waals surface area contributed by atoms with E-state index in [0.29, 0.717) is 18.8 Å². The second-order valence-electron chi connectivity index (χ2n) is 3.05. The molecule has 0 aromatic carbocycles. The van der Waals surface area contributed by atoms with Crippen LogP contribution in [-0.2, 0) is 4.74 Å². The molecule has 1 saturated heterocycles. The first-order valence-electron chi connectivity index (χ1n) is 4.26.